The van der Waals surface area contributed by atoms with E-state index in [1.54, 1.807) is 14.2 Å². The molecular formula is C86H100O4. The summed E-state index contributed by atoms with van der Waals surface area (Å²) in [5.74, 6) is 3.53. The highest BCUT2D eigenvalue weighted by atomic mass is 16.5. The Bertz CT molecular complexity index is 4450. The van der Waals surface area contributed by atoms with Gasteiger partial charge in [0, 0.05) is 37.7 Å². The zero-order valence-electron chi connectivity index (χ0n) is 56.9. The van der Waals surface area contributed by atoms with E-state index in [1.165, 1.54) is 86.9 Å². The third-order valence-electron chi connectivity index (χ3n) is 18.6. The van der Waals surface area contributed by atoms with Crippen LogP contribution in [0.5, 0.6) is 23.0 Å². The van der Waals surface area contributed by atoms with Crippen molar-refractivity contribution in [3.63, 3.8) is 0 Å². The Morgan fingerprint density at radius 3 is 0.722 bits per heavy atom. The van der Waals surface area contributed by atoms with E-state index in [0.29, 0.717) is 13.2 Å². The fourth-order valence-corrected chi connectivity index (χ4v) is 14.7. The zero-order valence-corrected chi connectivity index (χ0v) is 56.9. The summed E-state index contributed by atoms with van der Waals surface area (Å²) in [7, 11) is 3.58. The molecule has 4 heteroatoms. The summed E-state index contributed by atoms with van der Waals surface area (Å²) in [6, 6.07) is 27.3. The molecule has 0 radical (unpaired) electrons. The van der Waals surface area contributed by atoms with E-state index < -0.39 is 0 Å². The molecule has 0 bridgehead atoms. The highest BCUT2D eigenvalue weighted by Gasteiger charge is 2.30. The van der Waals surface area contributed by atoms with Crippen LogP contribution in [0.1, 0.15) is 216 Å². The maximum Gasteiger partial charge on any atom is 0.128 e. The third-order valence-corrected chi connectivity index (χ3v) is 18.6. The molecule has 10 aromatic rings. The highest BCUT2D eigenvalue weighted by molar-refractivity contribution is 6.40. The third kappa shape index (κ3) is 11.7. The van der Waals surface area contributed by atoms with Crippen LogP contribution >= 0.6 is 0 Å². The van der Waals surface area contributed by atoms with Crippen molar-refractivity contribution in [1.82, 2.24) is 0 Å². The van der Waals surface area contributed by atoms with Gasteiger partial charge in [-0.1, -0.05) is 208 Å². The zero-order chi connectivity index (χ0) is 64.8. The first-order chi connectivity index (χ1) is 43.5. The van der Waals surface area contributed by atoms with Crippen LogP contribution in [-0.4, -0.2) is 27.4 Å². The van der Waals surface area contributed by atoms with E-state index >= 15 is 0 Å². The maximum atomic E-state index is 6.55. The summed E-state index contributed by atoms with van der Waals surface area (Å²) in [6.45, 7) is 59.7. The highest BCUT2D eigenvalue weighted by Crippen LogP contribution is 2.56. The fourth-order valence-electron chi connectivity index (χ4n) is 14.7. The van der Waals surface area contributed by atoms with Crippen LogP contribution in [0.25, 0.3) is 131 Å². The molecule has 0 unspecified atom stereocenters. The van der Waals surface area contributed by atoms with Gasteiger partial charge in [0.05, 0.1) is 27.4 Å². The standard InChI is InChI=1S/2C43H50O2/c1-11-16-26(6)30-21-23-33-41-37(45-15-5)25-35(29(9)19-14-4)39-31(27(7)17-12-2)20-22-32(43(39)41)40-36(44-10)24-34(28(8)18-13-3)38(30)42(33)40;1-11-16-26(6)30-20-22-32-39-33(23-21-31(38(30)39)27(7)17-12-2)42-37(45-15-5)25-35(29(9)19-14-4)40-34(28(8)18-13-3)24-36(44-10)41(32)43(40)42/h2*20-25H,6-9,11-19H2,1-5,10H3. The summed E-state index contributed by atoms with van der Waals surface area (Å²) >= 11 is 0. The largest absolute Gasteiger partial charge is 0.496 e. The number of hydrogen-bond acceptors (Lipinski definition) is 4. The van der Waals surface area contributed by atoms with Crippen molar-refractivity contribution in [1.29, 1.82) is 0 Å². The first-order valence-electron chi connectivity index (χ1n) is 33.9. The van der Waals surface area contributed by atoms with Gasteiger partial charge in [0.1, 0.15) is 23.0 Å². The van der Waals surface area contributed by atoms with Gasteiger partial charge in [0.2, 0.25) is 0 Å². The summed E-state index contributed by atoms with van der Waals surface area (Å²) in [6.07, 6.45) is 15.7. The fraction of sp³-hybridized carbons (Fsp3) is 0.349. The van der Waals surface area contributed by atoms with E-state index in [1.807, 2.05) is 0 Å². The van der Waals surface area contributed by atoms with E-state index in [-0.39, 0.29) is 0 Å². The second-order valence-electron chi connectivity index (χ2n) is 24.9. The van der Waals surface area contributed by atoms with Crippen molar-refractivity contribution in [3.8, 4) is 23.0 Å². The van der Waals surface area contributed by atoms with Crippen molar-refractivity contribution in [2.45, 2.75) is 172 Å². The van der Waals surface area contributed by atoms with Crippen LogP contribution < -0.4 is 18.9 Å². The second-order valence-corrected chi connectivity index (χ2v) is 24.9. The molecule has 0 aliphatic rings. The summed E-state index contributed by atoms with van der Waals surface area (Å²) in [5, 5.41) is 18.9. The number of ether oxygens (including phenoxy) is 4. The monoisotopic (exact) mass is 1200 g/mol. The summed E-state index contributed by atoms with van der Waals surface area (Å²) < 4.78 is 25.7. The van der Waals surface area contributed by atoms with E-state index in [2.05, 4.69) is 195 Å². The van der Waals surface area contributed by atoms with Gasteiger partial charge in [-0.25, -0.2) is 0 Å². The average molecular weight is 1200 g/mol. The molecule has 468 valence electrons. The second kappa shape index (κ2) is 28.8. The lowest BCUT2D eigenvalue weighted by Crippen LogP contribution is -2.02. The van der Waals surface area contributed by atoms with Crippen molar-refractivity contribution < 1.29 is 18.9 Å². The minimum Gasteiger partial charge on any atom is -0.496 e. The van der Waals surface area contributed by atoms with Crippen LogP contribution in [0.2, 0.25) is 0 Å². The van der Waals surface area contributed by atoms with E-state index in [4.69, 9.17) is 18.9 Å². The lowest BCUT2D eigenvalue weighted by Gasteiger charge is -2.26. The van der Waals surface area contributed by atoms with Crippen LogP contribution in [0, 0.1) is 0 Å². The number of rotatable bonds is 30. The molecule has 0 heterocycles. The molecule has 0 aromatic heterocycles. The summed E-state index contributed by atoms with van der Waals surface area (Å²) in [4.78, 5) is 0. The molecule has 90 heavy (non-hydrogen) atoms. The Morgan fingerprint density at radius 1 is 0.244 bits per heavy atom. The number of methoxy groups -OCH3 is 2. The molecule has 0 amide bonds. The molecular weight excluding hydrogens is 1100 g/mol. The molecule has 0 saturated carbocycles. The number of hydrogen-bond donors (Lipinski definition) is 0. The number of fused-ring (bicyclic) bond motifs is 4. The first kappa shape index (κ1) is 66.3. The average Bonchev–Trinajstić information content (AvgIpc) is 0.701. The smallest absolute Gasteiger partial charge is 0.128 e. The van der Waals surface area contributed by atoms with Gasteiger partial charge in [-0.15, -0.1) is 0 Å². The molecule has 0 fully saturated rings. The molecule has 4 nitrogen and oxygen atoms in total. The topological polar surface area (TPSA) is 36.9 Å². The quantitative estimate of drug-likeness (QED) is 0.0332. The van der Waals surface area contributed by atoms with Crippen LogP contribution in [0.3, 0.4) is 0 Å². The van der Waals surface area contributed by atoms with Crippen molar-refractivity contribution in [2.75, 3.05) is 27.4 Å². The molecule has 0 spiro atoms. The first-order valence-corrected chi connectivity index (χ1v) is 33.9. The Morgan fingerprint density at radius 2 is 0.456 bits per heavy atom. The van der Waals surface area contributed by atoms with Crippen LogP contribution in [0.4, 0.5) is 0 Å². The molecule has 0 N–H and O–H groups in total. The van der Waals surface area contributed by atoms with Gasteiger partial charge in [0.25, 0.3) is 0 Å². The Labute approximate surface area is 539 Å². The van der Waals surface area contributed by atoms with Gasteiger partial charge < -0.3 is 18.9 Å². The maximum absolute atomic E-state index is 6.55. The lowest BCUT2D eigenvalue weighted by molar-refractivity contribution is 0.344. The van der Waals surface area contributed by atoms with Crippen molar-refractivity contribution in [2.24, 2.45) is 0 Å². The minimum atomic E-state index is 0.571. The predicted molar refractivity (Wildman–Crippen MR) is 402 cm³/mol. The Balaban J connectivity index is 0.000000213. The molecule has 10 rings (SSSR count). The van der Waals surface area contributed by atoms with Gasteiger partial charge in [-0.2, -0.15) is 0 Å². The summed E-state index contributed by atoms with van der Waals surface area (Å²) in [5.41, 5.74) is 18.6. The van der Waals surface area contributed by atoms with Gasteiger partial charge >= 0.3 is 0 Å². The number of allylic oxidation sites excluding steroid dienone is 8. The Kier molecular flexibility index (Phi) is 21.2. The van der Waals surface area contributed by atoms with Crippen molar-refractivity contribution in [3.05, 3.63) is 170 Å². The minimum absolute atomic E-state index is 0.571. The SMILES string of the molecule is C=C(CCC)c1ccc2c3c(OC)cc(C(=C)CCC)c4c(C(=C)CCC)cc(OCC)c(c5ccc(C(=C)CCC)c1c25)c43.C=C(CCC)c1ccc2c3c(OCC)cc(C(=C)CCC)c4c(C(=C)CCC)ccc(c5c(OC)cc(C(=C)CCC)c1c25)c43. The van der Waals surface area contributed by atoms with E-state index in [9.17, 15) is 0 Å². The molecule has 0 aliphatic carbocycles. The number of benzene rings is 10. The molecule has 10 aromatic carbocycles. The normalized spacial score (nSPS) is 11.6. The van der Waals surface area contributed by atoms with Gasteiger partial charge in [-0.05, 0) is 227 Å². The van der Waals surface area contributed by atoms with Gasteiger partial charge in [-0.3, -0.25) is 0 Å². The lowest BCUT2D eigenvalue weighted by atomic mass is 9.80. The Hall–Kier alpha value is -8.08. The van der Waals surface area contributed by atoms with Crippen LogP contribution in [0.15, 0.2) is 125 Å². The van der Waals surface area contributed by atoms with E-state index in [0.717, 1.165) is 214 Å². The molecule has 0 saturated heterocycles. The van der Waals surface area contributed by atoms with Crippen molar-refractivity contribution >= 4 is 131 Å². The molecule has 0 aliphatic heterocycles. The van der Waals surface area contributed by atoms with Gasteiger partial charge in [0.15, 0.2) is 0 Å². The van der Waals surface area contributed by atoms with Crippen LogP contribution in [-0.2, 0) is 0 Å². The molecule has 0 atom stereocenters. The predicted octanol–water partition coefficient (Wildman–Crippen LogP) is 26.8.